The van der Waals surface area contributed by atoms with Crippen LogP contribution in [-0.4, -0.2) is 36.9 Å². The van der Waals surface area contributed by atoms with Crippen LogP contribution in [0, 0.1) is 0 Å². The van der Waals surface area contributed by atoms with Gasteiger partial charge in [0, 0.05) is 45.6 Å². The van der Waals surface area contributed by atoms with Gasteiger partial charge in [-0.05, 0) is 33.9 Å². The van der Waals surface area contributed by atoms with Crippen LogP contribution in [0.1, 0.15) is 16.7 Å². The van der Waals surface area contributed by atoms with E-state index in [0.29, 0.717) is 18.6 Å². The van der Waals surface area contributed by atoms with E-state index in [0.717, 1.165) is 32.7 Å². The number of nitrogens with one attached hydrogen (secondary N) is 1. The molecule has 23 heavy (non-hydrogen) atoms. The monoisotopic (exact) mass is 306 g/mol. The average Bonchev–Trinajstić information content (AvgIpc) is 2.95. The highest BCUT2D eigenvalue weighted by Gasteiger charge is 2.18. The van der Waals surface area contributed by atoms with Crippen molar-refractivity contribution in [1.29, 1.82) is 0 Å². The number of carbonyl (C=O) groups is 1. The summed E-state index contributed by atoms with van der Waals surface area (Å²) >= 11 is 0. The van der Waals surface area contributed by atoms with Gasteiger partial charge in [-0.2, -0.15) is 0 Å². The SMILES string of the molecule is O=C1Cc2ccc(-c3cccc(CN4CCNCC4)c3)cc2C1. The van der Waals surface area contributed by atoms with Gasteiger partial charge in [-0.3, -0.25) is 9.69 Å². The summed E-state index contributed by atoms with van der Waals surface area (Å²) in [7, 11) is 0. The first kappa shape index (κ1) is 14.6. The van der Waals surface area contributed by atoms with Crippen LogP contribution in [0.3, 0.4) is 0 Å². The van der Waals surface area contributed by atoms with E-state index in [9.17, 15) is 4.79 Å². The molecule has 2 aromatic rings. The molecule has 0 bridgehead atoms. The normalized spacial score (nSPS) is 18.2. The Hall–Kier alpha value is -1.97. The molecule has 0 saturated carbocycles. The predicted octanol–water partition coefficient (Wildman–Crippen LogP) is 2.43. The van der Waals surface area contributed by atoms with Crippen LogP contribution in [0.15, 0.2) is 42.5 Å². The standard InChI is InChI=1S/C20H22N2O/c23-20-12-18-5-4-17(11-19(18)13-20)16-3-1-2-15(10-16)14-22-8-6-21-7-9-22/h1-5,10-11,21H,6-9,12-14H2. The largest absolute Gasteiger partial charge is 0.314 e. The molecular weight excluding hydrogens is 284 g/mol. The van der Waals surface area contributed by atoms with Gasteiger partial charge in [0.2, 0.25) is 0 Å². The van der Waals surface area contributed by atoms with Gasteiger partial charge in [-0.25, -0.2) is 0 Å². The Balaban J connectivity index is 1.56. The Morgan fingerprint density at radius 2 is 1.70 bits per heavy atom. The maximum atomic E-state index is 11.6. The summed E-state index contributed by atoms with van der Waals surface area (Å²) in [5.74, 6) is 0.338. The summed E-state index contributed by atoms with van der Waals surface area (Å²) in [5, 5.41) is 3.40. The van der Waals surface area contributed by atoms with Gasteiger partial charge in [0.05, 0.1) is 0 Å². The molecule has 2 aromatic carbocycles. The second kappa shape index (κ2) is 6.26. The van der Waals surface area contributed by atoms with E-state index in [1.165, 1.54) is 27.8 Å². The summed E-state index contributed by atoms with van der Waals surface area (Å²) in [4.78, 5) is 14.1. The lowest BCUT2D eigenvalue weighted by Crippen LogP contribution is -2.42. The van der Waals surface area contributed by atoms with Crippen molar-refractivity contribution in [2.24, 2.45) is 0 Å². The van der Waals surface area contributed by atoms with Crippen molar-refractivity contribution < 1.29 is 4.79 Å². The molecule has 0 spiro atoms. The number of carbonyl (C=O) groups excluding carboxylic acids is 1. The van der Waals surface area contributed by atoms with E-state index in [-0.39, 0.29) is 0 Å². The Morgan fingerprint density at radius 1 is 0.913 bits per heavy atom. The fourth-order valence-corrected chi connectivity index (χ4v) is 3.61. The average molecular weight is 306 g/mol. The van der Waals surface area contributed by atoms with Gasteiger partial charge >= 0.3 is 0 Å². The third-order valence-corrected chi connectivity index (χ3v) is 4.86. The van der Waals surface area contributed by atoms with Crippen molar-refractivity contribution in [3.05, 3.63) is 59.2 Å². The Kier molecular flexibility index (Phi) is 3.98. The quantitative estimate of drug-likeness (QED) is 0.945. The number of piperazine rings is 1. The molecule has 1 fully saturated rings. The number of hydrogen-bond donors (Lipinski definition) is 1. The van der Waals surface area contributed by atoms with Crippen LogP contribution in [-0.2, 0) is 24.2 Å². The van der Waals surface area contributed by atoms with Crippen molar-refractivity contribution in [3.63, 3.8) is 0 Å². The van der Waals surface area contributed by atoms with E-state index in [1.54, 1.807) is 0 Å². The molecule has 1 aliphatic carbocycles. The van der Waals surface area contributed by atoms with Crippen molar-refractivity contribution in [3.8, 4) is 11.1 Å². The molecule has 1 saturated heterocycles. The summed E-state index contributed by atoms with van der Waals surface area (Å²) in [5.41, 5.74) is 6.25. The number of fused-ring (bicyclic) bond motifs is 1. The lowest BCUT2D eigenvalue weighted by atomic mass is 9.99. The van der Waals surface area contributed by atoms with Crippen LogP contribution >= 0.6 is 0 Å². The highest BCUT2D eigenvalue weighted by molar-refractivity contribution is 5.88. The van der Waals surface area contributed by atoms with Crippen LogP contribution in [0.2, 0.25) is 0 Å². The zero-order valence-electron chi connectivity index (χ0n) is 13.3. The summed E-state index contributed by atoms with van der Waals surface area (Å²) in [6.45, 7) is 5.41. The van der Waals surface area contributed by atoms with Gasteiger partial charge in [0.25, 0.3) is 0 Å². The molecule has 118 valence electrons. The van der Waals surface area contributed by atoms with E-state index >= 15 is 0 Å². The summed E-state index contributed by atoms with van der Waals surface area (Å²) < 4.78 is 0. The maximum Gasteiger partial charge on any atom is 0.141 e. The second-order valence-corrected chi connectivity index (χ2v) is 6.60. The highest BCUT2D eigenvalue weighted by atomic mass is 16.1. The van der Waals surface area contributed by atoms with Crippen LogP contribution in [0.4, 0.5) is 0 Å². The summed E-state index contributed by atoms with van der Waals surface area (Å²) in [6.07, 6.45) is 1.21. The molecule has 4 rings (SSSR count). The van der Waals surface area contributed by atoms with Crippen molar-refractivity contribution in [2.75, 3.05) is 26.2 Å². The Bertz CT molecular complexity index is 732. The maximum absolute atomic E-state index is 11.6. The molecule has 0 unspecified atom stereocenters. The predicted molar refractivity (Wildman–Crippen MR) is 92.4 cm³/mol. The molecule has 0 atom stereocenters. The first-order valence-corrected chi connectivity index (χ1v) is 8.44. The smallest absolute Gasteiger partial charge is 0.141 e. The molecule has 1 heterocycles. The molecular formula is C20H22N2O. The van der Waals surface area contributed by atoms with Crippen LogP contribution in [0.25, 0.3) is 11.1 Å². The first-order chi connectivity index (χ1) is 11.3. The van der Waals surface area contributed by atoms with Crippen molar-refractivity contribution in [2.45, 2.75) is 19.4 Å². The number of Topliss-reactive ketones (excluding diaryl/α,β-unsaturated/α-hetero) is 1. The van der Waals surface area contributed by atoms with E-state index < -0.39 is 0 Å². The number of rotatable bonds is 3. The molecule has 3 nitrogen and oxygen atoms in total. The number of benzene rings is 2. The third-order valence-electron chi connectivity index (χ3n) is 4.86. The molecule has 1 N–H and O–H groups in total. The minimum atomic E-state index is 0.338. The van der Waals surface area contributed by atoms with Crippen molar-refractivity contribution >= 4 is 5.78 Å². The lowest BCUT2D eigenvalue weighted by Gasteiger charge is -2.27. The molecule has 3 heteroatoms. The van der Waals surface area contributed by atoms with E-state index in [1.807, 2.05) is 0 Å². The minimum Gasteiger partial charge on any atom is -0.314 e. The summed E-state index contributed by atoms with van der Waals surface area (Å²) in [6, 6.07) is 15.3. The van der Waals surface area contributed by atoms with Gasteiger partial charge in [-0.1, -0.05) is 36.4 Å². The van der Waals surface area contributed by atoms with Gasteiger partial charge in [0.15, 0.2) is 0 Å². The Labute approximate surface area is 137 Å². The van der Waals surface area contributed by atoms with E-state index in [2.05, 4.69) is 52.7 Å². The molecule has 0 amide bonds. The molecule has 1 aliphatic heterocycles. The van der Waals surface area contributed by atoms with Crippen LogP contribution < -0.4 is 5.32 Å². The first-order valence-electron chi connectivity index (χ1n) is 8.44. The second-order valence-electron chi connectivity index (χ2n) is 6.60. The number of nitrogens with zero attached hydrogens (tertiary/aromatic N) is 1. The molecule has 2 aliphatic rings. The van der Waals surface area contributed by atoms with Gasteiger partial charge in [0.1, 0.15) is 5.78 Å². The topological polar surface area (TPSA) is 32.3 Å². The van der Waals surface area contributed by atoms with Gasteiger partial charge in [-0.15, -0.1) is 0 Å². The molecule has 0 radical (unpaired) electrons. The highest BCUT2D eigenvalue weighted by Crippen LogP contribution is 2.27. The zero-order valence-corrected chi connectivity index (χ0v) is 13.3. The minimum absolute atomic E-state index is 0.338. The fraction of sp³-hybridized carbons (Fsp3) is 0.350. The molecule has 0 aromatic heterocycles. The lowest BCUT2D eigenvalue weighted by molar-refractivity contribution is -0.117. The van der Waals surface area contributed by atoms with Crippen molar-refractivity contribution in [1.82, 2.24) is 10.2 Å². The van der Waals surface area contributed by atoms with E-state index in [4.69, 9.17) is 0 Å². The number of ketones is 1. The van der Waals surface area contributed by atoms with Crippen LogP contribution in [0.5, 0.6) is 0 Å². The number of hydrogen-bond acceptors (Lipinski definition) is 3. The third kappa shape index (κ3) is 3.21. The fourth-order valence-electron chi connectivity index (χ4n) is 3.61. The zero-order chi connectivity index (χ0) is 15.6. The Morgan fingerprint density at radius 3 is 2.57 bits per heavy atom. The van der Waals surface area contributed by atoms with Gasteiger partial charge < -0.3 is 5.32 Å².